The molecule has 1 aromatic carbocycles. The number of nitrogens with zero attached hydrogens (tertiary/aromatic N) is 1. The average Bonchev–Trinajstić information content (AvgIpc) is 2.57. The minimum Gasteiger partial charge on any atom is -0.504 e. The van der Waals surface area contributed by atoms with Crippen LogP contribution in [0.15, 0.2) is 34.9 Å². The number of phenols is 1. The molecular formula is C17H17IN2O5. The summed E-state index contributed by atoms with van der Waals surface area (Å²) in [6.07, 6.45) is 0. The Hall–Kier alpha value is -2.41. The van der Waals surface area contributed by atoms with E-state index >= 15 is 0 Å². The molecule has 0 fully saturated rings. The van der Waals surface area contributed by atoms with Crippen LogP contribution in [0.5, 0.6) is 11.5 Å². The van der Waals surface area contributed by atoms with E-state index in [-0.39, 0.29) is 40.9 Å². The number of benzene rings is 1. The molecule has 0 radical (unpaired) electrons. The summed E-state index contributed by atoms with van der Waals surface area (Å²) in [7, 11) is 1.44. The first-order valence-electron chi connectivity index (χ1n) is 7.38. The Morgan fingerprint density at radius 2 is 2.20 bits per heavy atom. The van der Waals surface area contributed by atoms with Gasteiger partial charge in [0.25, 0.3) is 0 Å². The molecule has 0 amide bonds. The van der Waals surface area contributed by atoms with Gasteiger partial charge in [-0.1, -0.05) is 6.07 Å². The highest BCUT2D eigenvalue weighted by atomic mass is 127. The van der Waals surface area contributed by atoms with Crippen molar-refractivity contribution in [2.75, 3.05) is 13.7 Å². The fourth-order valence-electron chi connectivity index (χ4n) is 2.62. The van der Waals surface area contributed by atoms with Crippen LogP contribution in [0.3, 0.4) is 0 Å². The second-order valence-electron chi connectivity index (χ2n) is 5.13. The zero-order chi connectivity index (χ0) is 18.7. The van der Waals surface area contributed by atoms with Crippen LogP contribution in [0.4, 0.5) is 0 Å². The number of esters is 1. The predicted molar refractivity (Wildman–Crippen MR) is 97.4 cm³/mol. The number of carbonyl (C=O) groups is 1. The summed E-state index contributed by atoms with van der Waals surface area (Å²) in [5.41, 5.74) is 6.63. The fraction of sp³-hybridized carbons (Fsp3) is 0.294. The number of methoxy groups -OCH3 is 1. The van der Waals surface area contributed by atoms with Gasteiger partial charge >= 0.3 is 5.97 Å². The van der Waals surface area contributed by atoms with E-state index in [0.717, 1.165) is 0 Å². The number of nitriles is 1. The molecule has 0 spiro atoms. The lowest BCUT2D eigenvalue weighted by molar-refractivity contribution is -0.139. The highest BCUT2D eigenvalue weighted by Gasteiger charge is 2.38. The maximum atomic E-state index is 12.5. The zero-order valence-corrected chi connectivity index (χ0v) is 16.1. The smallest absolute Gasteiger partial charge is 0.338 e. The van der Waals surface area contributed by atoms with Gasteiger partial charge in [0, 0.05) is 0 Å². The van der Waals surface area contributed by atoms with Crippen LogP contribution in [0.25, 0.3) is 0 Å². The number of carbonyl (C=O) groups excluding carboxylic acids is 1. The van der Waals surface area contributed by atoms with Gasteiger partial charge in [0.1, 0.15) is 17.4 Å². The number of rotatable bonds is 4. The number of hydrogen-bond donors (Lipinski definition) is 2. The number of aromatic hydroxyl groups is 1. The molecule has 7 nitrogen and oxygen atoms in total. The van der Waals surface area contributed by atoms with E-state index in [1.165, 1.54) is 7.11 Å². The van der Waals surface area contributed by atoms with Crippen molar-refractivity contribution < 1.29 is 24.1 Å². The lowest BCUT2D eigenvalue weighted by Gasteiger charge is -2.27. The van der Waals surface area contributed by atoms with Crippen molar-refractivity contribution in [3.05, 3.63) is 44.1 Å². The zero-order valence-electron chi connectivity index (χ0n) is 13.9. The minimum absolute atomic E-state index is 0.0795. The van der Waals surface area contributed by atoms with Crippen LogP contribution in [0.1, 0.15) is 25.3 Å². The largest absolute Gasteiger partial charge is 0.504 e. The van der Waals surface area contributed by atoms with Gasteiger partial charge in [-0.2, -0.15) is 5.26 Å². The molecule has 1 atom stereocenters. The van der Waals surface area contributed by atoms with Crippen molar-refractivity contribution in [3.63, 3.8) is 0 Å². The van der Waals surface area contributed by atoms with Gasteiger partial charge in [-0.25, -0.2) is 4.79 Å². The van der Waals surface area contributed by atoms with Gasteiger partial charge in [0.2, 0.25) is 5.88 Å². The van der Waals surface area contributed by atoms with Crippen LogP contribution in [0, 0.1) is 14.9 Å². The number of nitrogens with two attached hydrogens (primary N) is 1. The molecule has 25 heavy (non-hydrogen) atoms. The predicted octanol–water partition coefficient (Wildman–Crippen LogP) is 2.65. The molecular weight excluding hydrogens is 439 g/mol. The van der Waals surface area contributed by atoms with Crippen LogP contribution >= 0.6 is 22.6 Å². The van der Waals surface area contributed by atoms with Gasteiger partial charge in [-0.3, -0.25) is 0 Å². The van der Waals surface area contributed by atoms with Gasteiger partial charge in [0.05, 0.1) is 28.8 Å². The third kappa shape index (κ3) is 3.37. The Labute approximate surface area is 158 Å². The summed E-state index contributed by atoms with van der Waals surface area (Å²) in [6.45, 7) is 3.44. The topological polar surface area (TPSA) is 115 Å². The minimum atomic E-state index is -0.804. The average molecular weight is 456 g/mol. The van der Waals surface area contributed by atoms with E-state index in [2.05, 4.69) is 0 Å². The Morgan fingerprint density at radius 3 is 2.76 bits per heavy atom. The van der Waals surface area contributed by atoms with Crippen LogP contribution in [-0.2, 0) is 14.3 Å². The summed E-state index contributed by atoms with van der Waals surface area (Å²) in [6, 6.07) is 5.23. The third-order valence-corrected chi connectivity index (χ3v) is 4.87. The van der Waals surface area contributed by atoms with Crippen molar-refractivity contribution in [3.8, 4) is 17.6 Å². The van der Waals surface area contributed by atoms with E-state index in [1.807, 2.05) is 28.7 Å². The molecule has 1 aliphatic rings. The van der Waals surface area contributed by atoms with Gasteiger partial charge < -0.3 is 25.1 Å². The van der Waals surface area contributed by atoms with E-state index in [9.17, 15) is 15.2 Å². The maximum Gasteiger partial charge on any atom is 0.338 e. The van der Waals surface area contributed by atoms with Crippen molar-refractivity contribution >= 4 is 28.6 Å². The highest BCUT2D eigenvalue weighted by Crippen LogP contribution is 2.44. The van der Waals surface area contributed by atoms with Crippen LogP contribution in [0.2, 0.25) is 0 Å². The SMILES string of the molecule is CCOC(=O)C1=C(C)OC(N)=C(C#N)C1c1ccc(OC)c(O)c1I. The first kappa shape index (κ1) is 18.9. The quantitative estimate of drug-likeness (QED) is 0.529. The Morgan fingerprint density at radius 1 is 1.52 bits per heavy atom. The molecule has 0 saturated carbocycles. The number of halogens is 1. The van der Waals surface area contributed by atoms with Crippen LogP contribution < -0.4 is 10.5 Å². The second-order valence-corrected chi connectivity index (χ2v) is 6.21. The molecule has 1 unspecified atom stereocenters. The molecule has 0 saturated heterocycles. The third-order valence-electron chi connectivity index (χ3n) is 3.74. The molecule has 1 heterocycles. The molecule has 132 valence electrons. The molecule has 0 aliphatic carbocycles. The molecule has 1 aromatic rings. The van der Waals surface area contributed by atoms with Crippen molar-refractivity contribution in [2.24, 2.45) is 5.73 Å². The molecule has 2 rings (SSSR count). The summed E-state index contributed by atoms with van der Waals surface area (Å²) < 4.78 is 16.0. The first-order chi connectivity index (χ1) is 11.9. The Bertz CT molecular complexity index is 823. The van der Waals surface area contributed by atoms with Gasteiger partial charge in [0.15, 0.2) is 11.5 Å². The maximum absolute atomic E-state index is 12.5. The van der Waals surface area contributed by atoms with Crippen molar-refractivity contribution in [1.82, 2.24) is 0 Å². The molecule has 1 aliphatic heterocycles. The van der Waals surface area contributed by atoms with E-state index in [4.69, 9.17) is 19.9 Å². The van der Waals surface area contributed by atoms with Crippen molar-refractivity contribution in [2.45, 2.75) is 19.8 Å². The van der Waals surface area contributed by atoms with Crippen LogP contribution in [-0.4, -0.2) is 24.8 Å². The van der Waals surface area contributed by atoms with E-state index < -0.39 is 11.9 Å². The Balaban J connectivity index is 2.71. The standard InChI is InChI=1S/C17H17IN2O5/c1-4-24-17(22)12-8(2)25-16(20)10(7-19)13(12)9-5-6-11(23-3)15(21)14(9)18/h5-6,13,21H,4,20H2,1-3H3. The summed E-state index contributed by atoms with van der Waals surface area (Å²) in [5, 5.41) is 19.8. The number of ether oxygens (including phenoxy) is 3. The summed E-state index contributed by atoms with van der Waals surface area (Å²) >= 11 is 1.93. The number of allylic oxidation sites excluding steroid dienone is 2. The number of hydrogen-bond acceptors (Lipinski definition) is 7. The second kappa shape index (κ2) is 7.65. The summed E-state index contributed by atoms with van der Waals surface area (Å²) in [4.78, 5) is 12.5. The molecule has 8 heteroatoms. The summed E-state index contributed by atoms with van der Waals surface area (Å²) in [5.74, 6) is -1.02. The molecule has 3 N–H and O–H groups in total. The number of phenolic OH excluding ortho intramolecular Hbond substituents is 1. The van der Waals surface area contributed by atoms with Gasteiger partial charge in [-0.15, -0.1) is 0 Å². The van der Waals surface area contributed by atoms with E-state index in [0.29, 0.717) is 9.13 Å². The lowest BCUT2D eigenvalue weighted by atomic mass is 9.83. The lowest BCUT2D eigenvalue weighted by Crippen LogP contribution is -2.26. The van der Waals surface area contributed by atoms with Gasteiger partial charge in [-0.05, 0) is 48.1 Å². The van der Waals surface area contributed by atoms with E-state index in [1.54, 1.807) is 26.0 Å². The molecule has 0 aromatic heterocycles. The normalized spacial score (nSPS) is 17.0. The molecule has 0 bridgehead atoms. The highest BCUT2D eigenvalue weighted by molar-refractivity contribution is 14.1. The monoisotopic (exact) mass is 456 g/mol. The fourth-order valence-corrected chi connectivity index (χ4v) is 3.37. The Kier molecular flexibility index (Phi) is 5.79. The van der Waals surface area contributed by atoms with Crippen molar-refractivity contribution in [1.29, 1.82) is 5.26 Å². The first-order valence-corrected chi connectivity index (χ1v) is 8.45.